The number of hydrogen-bond acceptors (Lipinski definition) is 1. The van der Waals surface area contributed by atoms with Gasteiger partial charge in [-0.15, -0.1) is 0 Å². The van der Waals surface area contributed by atoms with Crippen LogP contribution >= 0.6 is 0 Å². The summed E-state index contributed by atoms with van der Waals surface area (Å²) in [4.78, 5) is 11.1. The summed E-state index contributed by atoms with van der Waals surface area (Å²) in [6.45, 7) is 5.77. The molecule has 0 amide bonds. The number of hydrogen-bond donors (Lipinski definition) is 0. The smallest absolute Gasteiger partial charge is 0.137 e. The summed E-state index contributed by atoms with van der Waals surface area (Å²) in [5.41, 5.74) is 1.19. The fourth-order valence-electron chi connectivity index (χ4n) is 1.70. The number of allylic oxidation sites excluding steroid dienone is 4. The highest BCUT2D eigenvalue weighted by Crippen LogP contribution is 2.25. The molecule has 11 heavy (non-hydrogen) atoms. The number of rotatable bonds is 1. The zero-order valence-electron chi connectivity index (χ0n) is 7.29. The molecule has 1 rings (SSSR count). The molecular weight excluding hydrogens is 136 g/mol. The van der Waals surface area contributed by atoms with Gasteiger partial charge in [0.15, 0.2) is 0 Å². The van der Waals surface area contributed by atoms with Crippen molar-refractivity contribution in [3.63, 3.8) is 0 Å². The van der Waals surface area contributed by atoms with Gasteiger partial charge in [-0.3, -0.25) is 4.79 Å². The second kappa shape index (κ2) is 3.04. The van der Waals surface area contributed by atoms with Crippen molar-refractivity contribution in [3.8, 4) is 0 Å². The summed E-state index contributed by atoms with van der Waals surface area (Å²) in [6.07, 6.45) is 6.13. The summed E-state index contributed by atoms with van der Waals surface area (Å²) in [5.74, 6) is 0.771. The largest absolute Gasteiger partial charge is 0.299 e. The van der Waals surface area contributed by atoms with Gasteiger partial charge in [-0.1, -0.05) is 30.7 Å². The van der Waals surface area contributed by atoms with E-state index in [-0.39, 0.29) is 11.7 Å². The molecule has 1 aliphatic carbocycles. The maximum absolute atomic E-state index is 11.1. The Hall–Kier alpha value is -0.850. The third-order valence-corrected chi connectivity index (χ3v) is 2.23. The molecule has 0 saturated carbocycles. The fourth-order valence-corrected chi connectivity index (χ4v) is 1.70. The Morgan fingerprint density at radius 1 is 1.55 bits per heavy atom. The van der Waals surface area contributed by atoms with E-state index < -0.39 is 0 Å². The van der Waals surface area contributed by atoms with Crippen LogP contribution in [0.15, 0.2) is 23.8 Å². The minimum absolute atomic E-state index is 0.125. The molecule has 0 aliphatic heterocycles. The molecule has 1 heteroatoms. The molecule has 0 bridgehead atoms. The van der Waals surface area contributed by atoms with Crippen LogP contribution in [0.3, 0.4) is 0 Å². The standard InChI is InChI=1S/C10H14O/c1-7-5-4-6-8(2)10(7)9(3)11/h4-7,10H,1-3H3. The Morgan fingerprint density at radius 2 is 2.18 bits per heavy atom. The van der Waals surface area contributed by atoms with E-state index in [1.165, 1.54) is 5.57 Å². The van der Waals surface area contributed by atoms with E-state index in [0.29, 0.717) is 5.92 Å². The lowest BCUT2D eigenvalue weighted by atomic mass is 9.82. The Bertz CT molecular complexity index is 223. The summed E-state index contributed by atoms with van der Waals surface area (Å²) in [5, 5.41) is 0. The first-order valence-corrected chi connectivity index (χ1v) is 3.98. The predicted molar refractivity (Wildman–Crippen MR) is 46.2 cm³/mol. The quantitative estimate of drug-likeness (QED) is 0.560. The van der Waals surface area contributed by atoms with Crippen LogP contribution in [0.25, 0.3) is 0 Å². The van der Waals surface area contributed by atoms with Crippen LogP contribution in [-0.2, 0) is 4.79 Å². The van der Waals surface area contributed by atoms with Gasteiger partial charge in [0.2, 0.25) is 0 Å². The van der Waals surface area contributed by atoms with E-state index in [1.54, 1.807) is 6.92 Å². The van der Waals surface area contributed by atoms with Crippen molar-refractivity contribution in [3.05, 3.63) is 23.8 Å². The van der Waals surface area contributed by atoms with Crippen LogP contribution < -0.4 is 0 Å². The lowest BCUT2D eigenvalue weighted by Crippen LogP contribution is -2.21. The molecule has 0 radical (unpaired) electrons. The Balaban J connectivity index is 2.86. The van der Waals surface area contributed by atoms with Crippen LogP contribution in [0, 0.1) is 11.8 Å². The molecule has 0 fully saturated rings. The van der Waals surface area contributed by atoms with Gasteiger partial charge in [0.05, 0.1) is 0 Å². The predicted octanol–water partition coefficient (Wildman–Crippen LogP) is 2.34. The monoisotopic (exact) mass is 150 g/mol. The van der Waals surface area contributed by atoms with Crippen LogP contribution in [0.1, 0.15) is 20.8 Å². The highest BCUT2D eigenvalue weighted by atomic mass is 16.1. The van der Waals surface area contributed by atoms with Crippen LogP contribution in [0.2, 0.25) is 0 Å². The molecule has 0 aromatic carbocycles. The van der Waals surface area contributed by atoms with Gasteiger partial charge in [0, 0.05) is 5.92 Å². The van der Waals surface area contributed by atoms with Gasteiger partial charge in [-0.25, -0.2) is 0 Å². The van der Waals surface area contributed by atoms with Crippen molar-refractivity contribution in [2.24, 2.45) is 11.8 Å². The lowest BCUT2D eigenvalue weighted by Gasteiger charge is -2.22. The first kappa shape index (κ1) is 8.25. The van der Waals surface area contributed by atoms with Gasteiger partial charge in [-0.05, 0) is 19.8 Å². The first-order chi connectivity index (χ1) is 5.13. The Kier molecular flexibility index (Phi) is 2.28. The average Bonchev–Trinajstić information content (AvgIpc) is 1.85. The molecule has 0 N–H and O–H groups in total. The zero-order chi connectivity index (χ0) is 8.43. The van der Waals surface area contributed by atoms with E-state index in [1.807, 2.05) is 19.1 Å². The fraction of sp³-hybridized carbons (Fsp3) is 0.500. The van der Waals surface area contributed by atoms with E-state index >= 15 is 0 Å². The molecule has 1 nitrogen and oxygen atoms in total. The van der Waals surface area contributed by atoms with Crippen LogP contribution in [0.4, 0.5) is 0 Å². The van der Waals surface area contributed by atoms with E-state index in [4.69, 9.17) is 0 Å². The van der Waals surface area contributed by atoms with Crippen LogP contribution in [0.5, 0.6) is 0 Å². The average molecular weight is 150 g/mol. The van der Waals surface area contributed by atoms with Crippen molar-refractivity contribution < 1.29 is 4.79 Å². The third-order valence-electron chi connectivity index (χ3n) is 2.23. The maximum Gasteiger partial charge on any atom is 0.137 e. The molecule has 0 heterocycles. The number of ketones is 1. The van der Waals surface area contributed by atoms with E-state index in [9.17, 15) is 4.79 Å². The molecule has 0 aromatic heterocycles. The maximum atomic E-state index is 11.1. The van der Waals surface area contributed by atoms with Crippen molar-refractivity contribution in [1.29, 1.82) is 0 Å². The molecule has 1 aliphatic rings. The second-order valence-electron chi connectivity index (χ2n) is 3.24. The molecule has 0 spiro atoms. The number of Topliss-reactive ketones (excluding diaryl/α,β-unsaturated/α-hetero) is 1. The van der Waals surface area contributed by atoms with Gasteiger partial charge < -0.3 is 0 Å². The SMILES string of the molecule is CC(=O)C1C(C)=CC=CC1C. The molecule has 2 unspecified atom stereocenters. The molecular formula is C10H14O. The Labute approximate surface area is 67.8 Å². The molecule has 60 valence electrons. The molecule has 0 saturated heterocycles. The summed E-state index contributed by atoms with van der Waals surface area (Å²) in [6, 6.07) is 0. The summed E-state index contributed by atoms with van der Waals surface area (Å²) < 4.78 is 0. The normalized spacial score (nSPS) is 29.9. The molecule has 2 atom stereocenters. The van der Waals surface area contributed by atoms with Gasteiger partial charge in [0.1, 0.15) is 5.78 Å². The van der Waals surface area contributed by atoms with Gasteiger partial charge >= 0.3 is 0 Å². The number of carbonyl (C=O) groups is 1. The second-order valence-corrected chi connectivity index (χ2v) is 3.24. The third kappa shape index (κ3) is 1.59. The lowest BCUT2D eigenvalue weighted by molar-refractivity contribution is -0.120. The van der Waals surface area contributed by atoms with Crippen molar-refractivity contribution in [1.82, 2.24) is 0 Å². The topological polar surface area (TPSA) is 17.1 Å². The van der Waals surface area contributed by atoms with Crippen LogP contribution in [-0.4, -0.2) is 5.78 Å². The Morgan fingerprint density at radius 3 is 2.55 bits per heavy atom. The number of carbonyl (C=O) groups excluding carboxylic acids is 1. The highest BCUT2D eigenvalue weighted by molar-refractivity contribution is 5.82. The summed E-state index contributed by atoms with van der Waals surface area (Å²) in [7, 11) is 0. The van der Waals surface area contributed by atoms with Crippen molar-refractivity contribution in [2.75, 3.05) is 0 Å². The minimum atomic E-state index is 0.125. The van der Waals surface area contributed by atoms with Gasteiger partial charge in [0.25, 0.3) is 0 Å². The molecule has 0 aromatic rings. The van der Waals surface area contributed by atoms with Crippen molar-refractivity contribution >= 4 is 5.78 Å². The van der Waals surface area contributed by atoms with E-state index in [0.717, 1.165) is 0 Å². The van der Waals surface area contributed by atoms with Crippen molar-refractivity contribution in [2.45, 2.75) is 20.8 Å². The summed E-state index contributed by atoms with van der Waals surface area (Å²) >= 11 is 0. The van der Waals surface area contributed by atoms with Gasteiger partial charge in [-0.2, -0.15) is 0 Å². The highest BCUT2D eigenvalue weighted by Gasteiger charge is 2.22. The zero-order valence-corrected chi connectivity index (χ0v) is 7.29. The minimum Gasteiger partial charge on any atom is -0.299 e. The first-order valence-electron chi connectivity index (χ1n) is 3.98. The van der Waals surface area contributed by atoms with E-state index in [2.05, 4.69) is 13.0 Å².